The second-order valence-electron chi connectivity index (χ2n) is 6.39. The Kier molecular flexibility index (Phi) is 4.46. The fourth-order valence-electron chi connectivity index (χ4n) is 2.82. The number of thiophene rings is 1. The second kappa shape index (κ2) is 5.72. The number of hydrogen-bond acceptors (Lipinski definition) is 3. The summed E-state index contributed by atoms with van der Waals surface area (Å²) in [4.78, 5) is 4.21. The molecule has 0 spiro atoms. The average molecular weight is 266 g/mol. The highest BCUT2D eigenvalue weighted by molar-refractivity contribution is 7.10. The Hall–Kier alpha value is -0.380. The molecule has 18 heavy (non-hydrogen) atoms. The summed E-state index contributed by atoms with van der Waals surface area (Å²) in [6.45, 7) is 10.6. The lowest BCUT2D eigenvalue weighted by atomic mass is 9.84. The Morgan fingerprint density at radius 3 is 2.89 bits per heavy atom. The number of rotatable bonds is 4. The smallest absolute Gasteiger partial charge is 0.0244 e. The largest absolute Gasteiger partial charge is 0.316 e. The monoisotopic (exact) mass is 266 g/mol. The van der Waals surface area contributed by atoms with Crippen LogP contribution in [0.15, 0.2) is 11.4 Å². The fraction of sp³-hybridized carbons (Fsp3) is 0.733. The normalized spacial score (nSPS) is 18.7. The lowest BCUT2D eigenvalue weighted by molar-refractivity contribution is 0.201. The van der Waals surface area contributed by atoms with Crippen molar-refractivity contribution in [1.29, 1.82) is 0 Å². The van der Waals surface area contributed by atoms with E-state index in [1.54, 1.807) is 10.4 Å². The number of fused-ring (bicyclic) bond motifs is 1. The summed E-state index contributed by atoms with van der Waals surface area (Å²) >= 11 is 1.92. The molecule has 2 heterocycles. The number of nitrogens with zero attached hydrogens (tertiary/aromatic N) is 1. The quantitative estimate of drug-likeness (QED) is 0.901. The lowest BCUT2D eigenvalue weighted by Crippen LogP contribution is -2.41. The van der Waals surface area contributed by atoms with Gasteiger partial charge in [0.05, 0.1) is 0 Å². The van der Waals surface area contributed by atoms with Gasteiger partial charge in [-0.15, -0.1) is 11.3 Å². The van der Waals surface area contributed by atoms with Crippen LogP contribution in [-0.4, -0.2) is 31.1 Å². The molecular formula is C15H26N2S. The maximum Gasteiger partial charge on any atom is 0.0244 e. The molecule has 0 amide bonds. The van der Waals surface area contributed by atoms with Crippen molar-refractivity contribution >= 4 is 11.3 Å². The maximum atomic E-state index is 3.47. The topological polar surface area (TPSA) is 15.3 Å². The van der Waals surface area contributed by atoms with Crippen LogP contribution in [0.2, 0.25) is 0 Å². The molecule has 1 atom stereocenters. The minimum absolute atomic E-state index is 0.345. The summed E-state index contributed by atoms with van der Waals surface area (Å²) in [5.74, 6) is 0. The molecule has 0 saturated carbocycles. The van der Waals surface area contributed by atoms with Crippen LogP contribution in [0.3, 0.4) is 0 Å². The zero-order valence-corrected chi connectivity index (χ0v) is 12.9. The predicted molar refractivity (Wildman–Crippen MR) is 80.2 cm³/mol. The van der Waals surface area contributed by atoms with E-state index in [0.29, 0.717) is 11.5 Å². The summed E-state index contributed by atoms with van der Waals surface area (Å²) in [6, 6.07) is 2.90. The molecular weight excluding hydrogens is 240 g/mol. The van der Waals surface area contributed by atoms with Gasteiger partial charge in [0.15, 0.2) is 0 Å². The number of nitrogens with one attached hydrogen (secondary N) is 1. The zero-order valence-electron chi connectivity index (χ0n) is 12.1. The minimum Gasteiger partial charge on any atom is -0.316 e. The molecule has 0 aliphatic carbocycles. The SMILES string of the molecule is CNC(CCN1CCc2sccc2C1)C(C)(C)C. The first-order chi connectivity index (χ1) is 8.50. The Balaban J connectivity index is 1.85. The van der Waals surface area contributed by atoms with Crippen LogP contribution in [0.25, 0.3) is 0 Å². The van der Waals surface area contributed by atoms with Crippen LogP contribution in [0.5, 0.6) is 0 Å². The molecule has 1 aliphatic rings. The third-order valence-corrected chi connectivity index (χ3v) is 5.04. The molecule has 1 unspecified atom stereocenters. The Labute approximate surface area is 115 Å². The molecule has 1 aliphatic heterocycles. The molecule has 0 saturated heterocycles. The highest BCUT2D eigenvalue weighted by Crippen LogP contribution is 2.26. The van der Waals surface area contributed by atoms with Gasteiger partial charge < -0.3 is 5.32 Å². The first-order valence-electron chi connectivity index (χ1n) is 6.95. The third-order valence-electron chi connectivity index (χ3n) is 4.01. The van der Waals surface area contributed by atoms with Crippen molar-refractivity contribution in [2.45, 2.75) is 46.2 Å². The van der Waals surface area contributed by atoms with Crippen molar-refractivity contribution in [3.63, 3.8) is 0 Å². The van der Waals surface area contributed by atoms with Gasteiger partial charge in [-0.05, 0) is 48.9 Å². The zero-order chi connectivity index (χ0) is 13.2. The van der Waals surface area contributed by atoms with Gasteiger partial charge in [-0.3, -0.25) is 4.90 Å². The Bertz CT molecular complexity index is 378. The minimum atomic E-state index is 0.345. The van der Waals surface area contributed by atoms with E-state index in [-0.39, 0.29) is 0 Å². The standard InChI is InChI=1S/C15H26N2S/c1-15(2,3)14(16-4)6-9-17-8-5-13-12(11-17)7-10-18-13/h7,10,14,16H,5-6,8-9,11H2,1-4H3. The van der Waals surface area contributed by atoms with Crippen LogP contribution < -0.4 is 5.32 Å². The molecule has 2 nitrogen and oxygen atoms in total. The summed E-state index contributed by atoms with van der Waals surface area (Å²) < 4.78 is 0. The van der Waals surface area contributed by atoms with E-state index in [9.17, 15) is 0 Å². The Morgan fingerprint density at radius 1 is 1.44 bits per heavy atom. The molecule has 1 N–H and O–H groups in total. The van der Waals surface area contributed by atoms with Crippen molar-refractivity contribution in [3.05, 3.63) is 21.9 Å². The van der Waals surface area contributed by atoms with Gasteiger partial charge >= 0.3 is 0 Å². The summed E-state index contributed by atoms with van der Waals surface area (Å²) in [5, 5.41) is 5.71. The van der Waals surface area contributed by atoms with E-state index in [2.05, 4.69) is 49.5 Å². The molecule has 2 rings (SSSR count). The third kappa shape index (κ3) is 3.34. The van der Waals surface area contributed by atoms with Gasteiger partial charge in [0.2, 0.25) is 0 Å². The molecule has 0 fully saturated rings. The van der Waals surface area contributed by atoms with Gasteiger partial charge in [-0.2, -0.15) is 0 Å². The highest BCUT2D eigenvalue weighted by Gasteiger charge is 2.24. The van der Waals surface area contributed by atoms with Crippen LogP contribution >= 0.6 is 11.3 Å². The summed E-state index contributed by atoms with van der Waals surface area (Å²) in [5.41, 5.74) is 1.90. The van der Waals surface area contributed by atoms with Crippen molar-refractivity contribution in [3.8, 4) is 0 Å². The van der Waals surface area contributed by atoms with Gasteiger partial charge in [0.25, 0.3) is 0 Å². The van der Waals surface area contributed by atoms with Crippen LogP contribution in [0.1, 0.15) is 37.6 Å². The van der Waals surface area contributed by atoms with E-state index < -0.39 is 0 Å². The molecule has 1 aromatic rings. The van der Waals surface area contributed by atoms with Crippen LogP contribution in [0, 0.1) is 5.41 Å². The summed E-state index contributed by atoms with van der Waals surface area (Å²) in [6.07, 6.45) is 2.48. The predicted octanol–water partition coefficient (Wildman–Crippen LogP) is 3.13. The van der Waals surface area contributed by atoms with Crippen molar-refractivity contribution in [2.24, 2.45) is 5.41 Å². The van der Waals surface area contributed by atoms with E-state index in [0.717, 1.165) is 6.54 Å². The van der Waals surface area contributed by atoms with Crippen LogP contribution in [0.4, 0.5) is 0 Å². The van der Waals surface area contributed by atoms with E-state index >= 15 is 0 Å². The van der Waals surface area contributed by atoms with Crippen molar-refractivity contribution < 1.29 is 0 Å². The molecule has 0 bridgehead atoms. The first kappa shape index (κ1) is 14.0. The van der Waals surface area contributed by atoms with Crippen LogP contribution in [-0.2, 0) is 13.0 Å². The van der Waals surface area contributed by atoms with Gasteiger partial charge in [0.1, 0.15) is 0 Å². The molecule has 102 valence electrons. The highest BCUT2D eigenvalue weighted by atomic mass is 32.1. The van der Waals surface area contributed by atoms with Crippen molar-refractivity contribution in [2.75, 3.05) is 20.1 Å². The maximum absolute atomic E-state index is 3.47. The van der Waals surface area contributed by atoms with E-state index in [1.165, 1.54) is 25.9 Å². The fourth-order valence-corrected chi connectivity index (χ4v) is 3.71. The molecule has 0 radical (unpaired) electrons. The number of hydrogen-bond donors (Lipinski definition) is 1. The Morgan fingerprint density at radius 2 is 2.22 bits per heavy atom. The molecule has 1 aromatic heterocycles. The second-order valence-corrected chi connectivity index (χ2v) is 7.39. The van der Waals surface area contributed by atoms with E-state index in [1.807, 2.05) is 11.3 Å². The van der Waals surface area contributed by atoms with Gasteiger partial charge in [-0.25, -0.2) is 0 Å². The summed E-state index contributed by atoms with van der Waals surface area (Å²) in [7, 11) is 2.09. The first-order valence-corrected chi connectivity index (χ1v) is 7.83. The van der Waals surface area contributed by atoms with Gasteiger partial charge in [-0.1, -0.05) is 20.8 Å². The van der Waals surface area contributed by atoms with Crippen molar-refractivity contribution in [1.82, 2.24) is 10.2 Å². The lowest BCUT2D eigenvalue weighted by Gasteiger charge is -2.34. The average Bonchev–Trinajstić information content (AvgIpc) is 2.75. The van der Waals surface area contributed by atoms with Gasteiger partial charge in [0, 0.05) is 24.0 Å². The van der Waals surface area contributed by atoms with E-state index in [4.69, 9.17) is 0 Å². The molecule has 3 heteroatoms. The molecule has 0 aromatic carbocycles.